The molecule has 0 spiro atoms. The minimum atomic E-state index is 0.466. The molecule has 0 aromatic heterocycles. The van der Waals surface area contributed by atoms with Gasteiger partial charge in [-0.2, -0.15) is 0 Å². The van der Waals surface area contributed by atoms with Crippen LogP contribution in [0.4, 0.5) is 0 Å². The second-order valence-corrected chi connectivity index (χ2v) is 5.76. The molecule has 2 atom stereocenters. The van der Waals surface area contributed by atoms with Crippen LogP contribution in [0.5, 0.6) is 5.75 Å². The number of aromatic hydroxyl groups is 1. The molecule has 0 fully saturated rings. The van der Waals surface area contributed by atoms with E-state index < -0.39 is 0 Å². The van der Waals surface area contributed by atoms with Crippen molar-refractivity contribution in [2.45, 2.75) is 57.5 Å². The Kier molecular flexibility index (Phi) is 5.86. The van der Waals surface area contributed by atoms with Gasteiger partial charge in [-0.25, -0.2) is 0 Å². The molecule has 2 unspecified atom stereocenters. The molecule has 0 aliphatic heterocycles. The van der Waals surface area contributed by atoms with Crippen LogP contribution < -0.4 is 5.32 Å². The Morgan fingerprint density at radius 3 is 3.05 bits per heavy atom. The second kappa shape index (κ2) is 7.65. The molecular weight excluding hydrogens is 250 g/mol. The first-order valence-corrected chi connectivity index (χ1v) is 7.79. The summed E-state index contributed by atoms with van der Waals surface area (Å²) in [7, 11) is 1.76. The van der Waals surface area contributed by atoms with Crippen LogP contribution in [0.3, 0.4) is 0 Å². The molecule has 20 heavy (non-hydrogen) atoms. The Morgan fingerprint density at radius 1 is 1.45 bits per heavy atom. The van der Waals surface area contributed by atoms with E-state index in [1.165, 1.54) is 12.0 Å². The van der Waals surface area contributed by atoms with E-state index in [9.17, 15) is 5.11 Å². The van der Waals surface area contributed by atoms with Crippen LogP contribution >= 0.6 is 0 Å². The monoisotopic (exact) mass is 277 g/mol. The lowest BCUT2D eigenvalue weighted by Gasteiger charge is -2.30. The molecule has 1 aromatic rings. The number of ether oxygens (including phenoxy) is 1. The summed E-state index contributed by atoms with van der Waals surface area (Å²) in [5, 5.41) is 13.7. The van der Waals surface area contributed by atoms with Crippen molar-refractivity contribution >= 4 is 0 Å². The summed E-state index contributed by atoms with van der Waals surface area (Å²) in [5.74, 6) is 0.466. The number of phenols is 1. The number of phenolic OH excluding ortho intramolecular Hbond substituents is 1. The molecule has 0 saturated heterocycles. The maximum atomic E-state index is 9.88. The van der Waals surface area contributed by atoms with Gasteiger partial charge in [-0.15, -0.1) is 0 Å². The van der Waals surface area contributed by atoms with E-state index in [0.717, 1.165) is 44.3 Å². The summed E-state index contributed by atoms with van der Waals surface area (Å²) >= 11 is 0. The number of nitrogens with one attached hydrogen (secondary N) is 1. The zero-order chi connectivity index (χ0) is 14.4. The Balaban J connectivity index is 1.88. The largest absolute Gasteiger partial charge is 0.508 e. The third kappa shape index (κ3) is 3.97. The van der Waals surface area contributed by atoms with E-state index >= 15 is 0 Å². The van der Waals surface area contributed by atoms with E-state index in [1.807, 2.05) is 6.07 Å². The van der Waals surface area contributed by atoms with Crippen molar-refractivity contribution in [2.24, 2.45) is 0 Å². The van der Waals surface area contributed by atoms with E-state index in [0.29, 0.717) is 17.8 Å². The first-order valence-electron chi connectivity index (χ1n) is 7.79. The average Bonchev–Trinajstić information content (AvgIpc) is 2.46. The van der Waals surface area contributed by atoms with E-state index in [4.69, 9.17) is 4.74 Å². The van der Waals surface area contributed by atoms with Gasteiger partial charge in [-0.3, -0.25) is 0 Å². The van der Waals surface area contributed by atoms with Gasteiger partial charge in [0.05, 0.1) is 0 Å². The maximum absolute atomic E-state index is 9.88. The van der Waals surface area contributed by atoms with Gasteiger partial charge in [0.2, 0.25) is 0 Å². The Labute approximate surface area is 122 Å². The van der Waals surface area contributed by atoms with Crippen LogP contribution in [0.25, 0.3) is 0 Å². The third-order valence-corrected chi connectivity index (χ3v) is 4.32. The van der Waals surface area contributed by atoms with Crippen LogP contribution in [-0.2, 0) is 17.6 Å². The number of fused-ring (bicyclic) bond motifs is 1. The zero-order valence-electron chi connectivity index (χ0n) is 12.7. The normalized spacial score (nSPS) is 19.6. The molecule has 0 amide bonds. The van der Waals surface area contributed by atoms with Crippen molar-refractivity contribution in [1.82, 2.24) is 5.32 Å². The third-order valence-electron chi connectivity index (χ3n) is 4.32. The van der Waals surface area contributed by atoms with Crippen molar-refractivity contribution < 1.29 is 9.84 Å². The van der Waals surface area contributed by atoms with Gasteiger partial charge in [0.15, 0.2) is 0 Å². The molecule has 0 radical (unpaired) electrons. The summed E-state index contributed by atoms with van der Waals surface area (Å²) in [6.07, 6.45) is 6.58. The Hall–Kier alpha value is -1.06. The first-order chi connectivity index (χ1) is 9.74. The van der Waals surface area contributed by atoms with Crippen molar-refractivity contribution in [3.8, 4) is 5.75 Å². The van der Waals surface area contributed by atoms with E-state index in [-0.39, 0.29) is 0 Å². The number of benzene rings is 1. The lowest BCUT2D eigenvalue weighted by molar-refractivity contribution is 0.187. The number of rotatable bonds is 7. The van der Waals surface area contributed by atoms with Crippen molar-refractivity contribution in [3.63, 3.8) is 0 Å². The predicted molar refractivity (Wildman–Crippen MR) is 82.2 cm³/mol. The van der Waals surface area contributed by atoms with Gasteiger partial charge in [-0.1, -0.05) is 19.1 Å². The van der Waals surface area contributed by atoms with Gasteiger partial charge in [0.1, 0.15) is 5.75 Å². The van der Waals surface area contributed by atoms with E-state index in [2.05, 4.69) is 18.3 Å². The van der Waals surface area contributed by atoms with Crippen molar-refractivity contribution in [2.75, 3.05) is 13.7 Å². The summed E-state index contributed by atoms with van der Waals surface area (Å²) < 4.78 is 5.13. The quantitative estimate of drug-likeness (QED) is 0.753. The lowest BCUT2D eigenvalue weighted by atomic mass is 9.87. The van der Waals surface area contributed by atoms with Gasteiger partial charge in [-0.05, 0) is 55.7 Å². The zero-order valence-corrected chi connectivity index (χ0v) is 12.7. The molecule has 0 bridgehead atoms. The van der Waals surface area contributed by atoms with Crippen LogP contribution in [-0.4, -0.2) is 30.9 Å². The summed E-state index contributed by atoms with van der Waals surface area (Å²) in [4.78, 5) is 0. The highest BCUT2D eigenvalue weighted by molar-refractivity contribution is 5.41. The molecule has 1 aliphatic rings. The molecule has 3 heteroatoms. The van der Waals surface area contributed by atoms with Gasteiger partial charge in [0.25, 0.3) is 0 Å². The van der Waals surface area contributed by atoms with Gasteiger partial charge >= 0.3 is 0 Å². The molecule has 1 aromatic carbocycles. The summed E-state index contributed by atoms with van der Waals surface area (Å²) in [6, 6.07) is 7.01. The Morgan fingerprint density at radius 2 is 2.30 bits per heavy atom. The fourth-order valence-corrected chi connectivity index (χ4v) is 3.14. The fraction of sp³-hybridized carbons (Fsp3) is 0.647. The predicted octanol–water partition coefficient (Wildman–Crippen LogP) is 3.04. The first kappa shape index (κ1) is 15.3. The average molecular weight is 277 g/mol. The summed E-state index contributed by atoms with van der Waals surface area (Å²) in [5.41, 5.74) is 2.46. The molecule has 2 rings (SSSR count). The lowest BCUT2D eigenvalue weighted by Crippen LogP contribution is -2.41. The number of hydrogen-bond acceptors (Lipinski definition) is 3. The SMILES string of the molecule is CCC(CCCOC)NC1CCc2c(O)cccc2C1. The highest BCUT2D eigenvalue weighted by Gasteiger charge is 2.22. The van der Waals surface area contributed by atoms with Crippen molar-refractivity contribution in [1.29, 1.82) is 0 Å². The Bertz CT molecular complexity index is 419. The fourth-order valence-electron chi connectivity index (χ4n) is 3.14. The van der Waals surface area contributed by atoms with Gasteiger partial charge in [0, 0.05) is 25.8 Å². The number of methoxy groups -OCH3 is 1. The van der Waals surface area contributed by atoms with Crippen molar-refractivity contribution in [3.05, 3.63) is 29.3 Å². The summed E-state index contributed by atoms with van der Waals surface area (Å²) in [6.45, 7) is 3.09. The standard InChI is InChI=1S/C17H27NO2/c1-3-14(7-5-11-20-2)18-15-9-10-16-13(12-15)6-4-8-17(16)19/h4,6,8,14-15,18-19H,3,5,7,9-12H2,1-2H3. The van der Waals surface area contributed by atoms with Crippen LogP contribution in [0.1, 0.15) is 43.7 Å². The smallest absolute Gasteiger partial charge is 0.119 e. The van der Waals surface area contributed by atoms with E-state index in [1.54, 1.807) is 13.2 Å². The molecule has 3 nitrogen and oxygen atoms in total. The van der Waals surface area contributed by atoms with Crippen LogP contribution in [0.15, 0.2) is 18.2 Å². The number of hydrogen-bond donors (Lipinski definition) is 2. The minimum absolute atomic E-state index is 0.466. The van der Waals surface area contributed by atoms with Crippen LogP contribution in [0, 0.1) is 0 Å². The topological polar surface area (TPSA) is 41.5 Å². The molecule has 0 saturated carbocycles. The second-order valence-electron chi connectivity index (χ2n) is 5.76. The molecule has 2 N–H and O–H groups in total. The highest BCUT2D eigenvalue weighted by Crippen LogP contribution is 2.29. The molecule has 1 aliphatic carbocycles. The maximum Gasteiger partial charge on any atom is 0.119 e. The molecular formula is C17H27NO2. The van der Waals surface area contributed by atoms with Gasteiger partial charge < -0.3 is 15.2 Å². The minimum Gasteiger partial charge on any atom is -0.508 e. The van der Waals surface area contributed by atoms with Crippen LogP contribution in [0.2, 0.25) is 0 Å². The molecule has 112 valence electrons. The molecule has 0 heterocycles. The highest BCUT2D eigenvalue weighted by atomic mass is 16.5.